The molecule has 96 valence electrons. The summed E-state index contributed by atoms with van der Waals surface area (Å²) in [5, 5.41) is 10.2. The highest BCUT2D eigenvalue weighted by Gasteiger charge is 2.24. The molecule has 3 heteroatoms. The van der Waals surface area contributed by atoms with Crippen molar-refractivity contribution in [2.75, 3.05) is 33.4 Å². The molecule has 1 fully saturated rings. The standard InChI is InChI=1S/C13H27NO2/c1-4-13(15,5-2)11-14(3)8-9-16-10-12-6-7-12/h12,15H,4-11H2,1-3H3. The Morgan fingerprint density at radius 3 is 2.44 bits per heavy atom. The van der Waals surface area contributed by atoms with E-state index in [9.17, 15) is 5.11 Å². The molecule has 0 aromatic carbocycles. The van der Waals surface area contributed by atoms with Crippen molar-refractivity contribution in [2.24, 2.45) is 5.92 Å². The predicted octanol–water partition coefficient (Wildman–Crippen LogP) is 1.90. The van der Waals surface area contributed by atoms with Crippen LogP contribution in [0.5, 0.6) is 0 Å². The molecule has 1 N–H and O–H groups in total. The van der Waals surface area contributed by atoms with Crippen molar-refractivity contribution in [2.45, 2.75) is 45.1 Å². The normalized spacial score (nSPS) is 17.1. The summed E-state index contributed by atoms with van der Waals surface area (Å²) in [6, 6.07) is 0. The van der Waals surface area contributed by atoms with Gasteiger partial charge in [-0.1, -0.05) is 13.8 Å². The van der Waals surface area contributed by atoms with Gasteiger partial charge in [0.05, 0.1) is 12.2 Å². The monoisotopic (exact) mass is 229 g/mol. The number of aliphatic hydroxyl groups is 1. The van der Waals surface area contributed by atoms with Gasteiger partial charge in [0.15, 0.2) is 0 Å². The number of rotatable bonds is 9. The van der Waals surface area contributed by atoms with E-state index in [1.165, 1.54) is 12.8 Å². The van der Waals surface area contributed by atoms with Gasteiger partial charge in [0.25, 0.3) is 0 Å². The van der Waals surface area contributed by atoms with Gasteiger partial charge in [-0.05, 0) is 38.6 Å². The molecule has 0 bridgehead atoms. The van der Waals surface area contributed by atoms with E-state index in [0.717, 1.165) is 45.1 Å². The van der Waals surface area contributed by atoms with E-state index in [1.807, 2.05) is 13.8 Å². The molecule has 0 amide bonds. The number of nitrogens with zero attached hydrogens (tertiary/aromatic N) is 1. The van der Waals surface area contributed by atoms with Gasteiger partial charge >= 0.3 is 0 Å². The second-order valence-electron chi connectivity index (χ2n) is 5.19. The minimum Gasteiger partial charge on any atom is -0.389 e. The maximum absolute atomic E-state index is 10.2. The van der Waals surface area contributed by atoms with Crippen molar-refractivity contribution >= 4 is 0 Å². The van der Waals surface area contributed by atoms with Crippen LogP contribution in [0.2, 0.25) is 0 Å². The summed E-state index contributed by atoms with van der Waals surface area (Å²) in [6.45, 7) is 7.46. The van der Waals surface area contributed by atoms with E-state index in [2.05, 4.69) is 11.9 Å². The first-order valence-electron chi connectivity index (χ1n) is 6.58. The third kappa shape index (κ3) is 5.28. The molecule has 1 rings (SSSR count). The fourth-order valence-electron chi connectivity index (χ4n) is 1.81. The van der Waals surface area contributed by atoms with Gasteiger partial charge in [0, 0.05) is 19.7 Å². The molecule has 3 nitrogen and oxygen atoms in total. The Morgan fingerprint density at radius 1 is 1.31 bits per heavy atom. The first-order valence-corrected chi connectivity index (χ1v) is 6.58. The lowest BCUT2D eigenvalue weighted by Crippen LogP contribution is -2.41. The van der Waals surface area contributed by atoms with Crippen molar-refractivity contribution in [3.05, 3.63) is 0 Å². The third-order valence-electron chi connectivity index (χ3n) is 3.55. The van der Waals surface area contributed by atoms with Crippen molar-refractivity contribution in [3.63, 3.8) is 0 Å². The molecular formula is C13H27NO2. The summed E-state index contributed by atoms with van der Waals surface area (Å²) in [5.74, 6) is 0.841. The topological polar surface area (TPSA) is 32.7 Å². The highest BCUT2D eigenvalue weighted by atomic mass is 16.5. The lowest BCUT2D eigenvalue weighted by atomic mass is 9.97. The predicted molar refractivity (Wildman–Crippen MR) is 66.6 cm³/mol. The van der Waals surface area contributed by atoms with Gasteiger partial charge in [0.2, 0.25) is 0 Å². The SMILES string of the molecule is CCC(O)(CC)CN(C)CCOCC1CC1. The first kappa shape index (κ1) is 13.9. The molecule has 1 saturated carbocycles. The molecule has 0 unspecified atom stereocenters. The molecule has 0 aromatic heterocycles. The van der Waals surface area contributed by atoms with E-state index in [4.69, 9.17) is 4.74 Å². The maximum atomic E-state index is 10.2. The molecule has 0 atom stereocenters. The minimum absolute atomic E-state index is 0.523. The molecule has 1 aliphatic carbocycles. The molecule has 0 aromatic rings. The van der Waals surface area contributed by atoms with Crippen LogP contribution in [0.4, 0.5) is 0 Å². The molecule has 0 saturated heterocycles. The summed E-state index contributed by atoms with van der Waals surface area (Å²) in [5.41, 5.74) is -0.523. The molecule has 16 heavy (non-hydrogen) atoms. The molecule has 0 heterocycles. The van der Waals surface area contributed by atoms with Crippen molar-refractivity contribution in [1.82, 2.24) is 4.90 Å². The van der Waals surface area contributed by atoms with E-state index < -0.39 is 5.60 Å². The maximum Gasteiger partial charge on any atom is 0.0768 e. The summed E-state index contributed by atoms with van der Waals surface area (Å²) in [7, 11) is 2.05. The highest BCUT2D eigenvalue weighted by Crippen LogP contribution is 2.28. The average Bonchev–Trinajstić information content (AvgIpc) is 3.08. The smallest absolute Gasteiger partial charge is 0.0768 e. The lowest BCUT2D eigenvalue weighted by Gasteiger charge is -2.30. The average molecular weight is 229 g/mol. The van der Waals surface area contributed by atoms with E-state index in [0.29, 0.717) is 0 Å². The first-order chi connectivity index (χ1) is 7.59. The number of hydrogen-bond donors (Lipinski definition) is 1. The van der Waals surface area contributed by atoms with Crippen LogP contribution in [0.25, 0.3) is 0 Å². The fourth-order valence-corrected chi connectivity index (χ4v) is 1.81. The molecular weight excluding hydrogens is 202 g/mol. The Morgan fingerprint density at radius 2 is 1.94 bits per heavy atom. The quantitative estimate of drug-likeness (QED) is 0.613. The number of likely N-dealkylation sites (N-methyl/N-ethyl adjacent to an activating group) is 1. The minimum atomic E-state index is -0.523. The van der Waals surface area contributed by atoms with Crippen LogP contribution < -0.4 is 0 Å². The zero-order chi connectivity index (χ0) is 12.0. The lowest BCUT2D eigenvalue weighted by molar-refractivity contribution is -0.00395. The Labute approximate surface area is 99.8 Å². The van der Waals surface area contributed by atoms with Crippen LogP contribution in [0.3, 0.4) is 0 Å². The second-order valence-corrected chi connectivity index (χ2v) is 5.19. The van der Waals surface area contributed by atoms with Crippen LogP contribution >= 0.6 is 0 Å². The molecule has 0 aliphatic heterocycles. The van der Waals surface area contributed by atoms with Crippen molar-refractivity contribution < 1.29 is 9.84 Å². The Hall–Kier alpha value is -0.120. The molecule has 0 spiro atoms. The van der Waals surface area contributed by atoms with Crippen LogP contribution in [-0.4, -0.2) is 49.0 Å². The number of hydrogen-bond acceptors (Lipinski definition) is 3. The third-order valence-corrected chi connectivity index (χ3v) is 3.55. The van der Waals surface area contributed by atoms with Crippen LogP contribution in [0.1, 0.15) is 39.5 Å². The van der Waals surface area contributed by atoms with E-state index in [1.54, 1.807) is 0 Å². The number of ether oxygens (including phenoxy) is 1. The van der Waals surface area contributed by atoms with E-state index >= 15 is 0 Å². The fraction of sp³-hybridized carbons (Fsp3) is 1.00. The van der Waals surface area contributed by atoms with Gasteiger partial charge in [0.1, 0.15) is 0 Å². The Balaban J connectivity index is 2.05. The van der Waals surface area contributed by atoms with Crippen molar-refractivity contribution in [1.29, 1.82) is 0 Å². The Bertz CT molecular complexity index is 188. The zero-order valence-electron chi connectivity index (χ0n) is 11.0. The molecule has 1 aliphatic rings. The van der Waals surface area contributed by atoms with Gasteiger partial charge < -0.3 is 14.7 Å². The summed E-state index contributed by atoms with van der Waals surface area (Å²) in [4.78, 5) is 2.17. The summed E-state index contributed by atoms with van der Waals surface area (Å²) < 4.78 is 5.59. The Kier molecular flexibility index (Phi) is 5.73. The van der Waals surface area contributed by atoms with Crippen molar-refractivity contribution in [3.8, 4) is 0 Å². The van der Waals surface area contributed by atoms with Gasteiger partial charge in [-0.2, -0.15) is 0 Å². The zero-order valence-corrected chi connectivity index (χ0v) is 11.0. The van der Waals surface area contributed by atoms with Crippen LogP contribution in [0.15, 0.2) is 0 Å². The second kappa shape index (κ2) is 6.58. The van der Waals surface area contributed by atoms with Crippen LogP contribution in [-0.2, 0) is 4.74 Å². The van der Waals surface area contributed by atoms with Gasteiger partial charge in [-0.25, -0.2) is 0 Å². The largest absolute Gasteiger partial charge is 0.389 e. The van der Waals surface area contributed by atoms with Gasteiger partial charge in [-0.15, -0.1) is 0 Å². The van der Waals surface area contributed by atoms with Gasteiger partial charge in [-0.3, -0.25) is 0 Å². The van der Waals surface area contributed by atoms with E-state index in [-0.39, 0.29) is 0 Å². The summed E-state index contributed by atoms with van der Waals surface area (Å²) >= 11 is 0. The summed E-state index contributed by atoms with van der Waals surface area (Å²) in [6.07, 6.45) is 4.33. The molecule has 0 radical (unpaired) electrons. The van der Waals surface area contributed by atoms with Crippen LogP contribution in [0, 0.1) is 5.92 Å². The highest BCUT2D eigenvalue weighted by molar-refractivity contribution is 4.78.